The van der Waals surface area contributed by atoms with Gasteiger partial charge in [0.05, 0.1) is 12.8 Å². The zero-order valence-corrected chi connectivity index (χ0v) is 20.7. The van der Waals surface area contributed by atoms with Gasteiger partial charge in [-0.15, -0.1) is 16.8 Å². The van der Waals surface area contributed by atoms with Crippen LogP contribution in [0.3, 0.4) is 0 Å². The third kappa shape index (κ3) is 5.53. The van der Waals surface area contributed by atoms with Crippen LogP contribution in [0.15, 0.2) is 66.3 Å². The molecule has 1 saturated carbocycles. The highest BCUT2D eigenvalue weighted by Gasteiger charge is 2.28. The van der Waals surface area contributed by atoms with E-state index in [0.717, 1.165) is 34.9 Å². The van der Waals surface area contributed by atoms with E-state index >= 15 is 0 Å². The number of ether oxygens (including phenoxy) is 1. The number of benzene rings is 2. The number of nitrogens with one attached hydrogen (secondary N) is 1. The fourth-order valence-corrected chi connectivity index (χ4v) is 5.53. The van der Waals surface area contributed by atoms with Crippen molar-refractivity contribution in [2.75, 3.05) is 12.4 Å². The van der Waals surface area contributed by atoms with E-state index in [1.165, 1.54) is 31.0 Å². The number of anilines is 1. The highest BCUT2D eigenvalue weighted by molar-refractivity contribution is 8.00. The van der Waals surface area contributed by atoms with E-state index in [1.54, 1.807) is 7.11 Å². The topological polar surface area (TPSA) is 69.0 Å². The molecule has 4 rings (SSSR count). The van der Waals surface area contributed by atoms with Gasteiger partial charge in [-0.05, 0) is 43.0 Å². The smallest absolute Gasteiger partial charge is 0.242 e. The van der Waals surface area contributed by atoms with Crippen LogP contribution in [0.25, 0.3) is 0 Å². The van der Waals surface area contributed by atoms with E-state index < -0.39 is 5.25 Å². The summed E-state index contributed by atoms with van der Waals surface area (Å²) in [6, 6.07) is 15.5. The predicted octanol–water partition coefficient (Wildman–Crippen LogP) is 6.30. The maximum Gasteiger partial charge on any atom is 0.242 e. The van der Waals surface area contributed by atoms with Crippen LogP contribution in [-0.2, 0) is 11.3 Å². The lowest BCUT2D eigenvalue weighted by atomic mass is 9.89. The molecule has 2 aromatic carbocycles. The van der Waals surface area contributed by atoms with Gasteiger partial charge in [-0.25, -0.2) is 0 Å². The average molecular weight is 477 g/mol. The Kier molecular flexibility index (Phi) is 8.06. The minimum Gasteiger partial charge on any atom is -0.495 e. The predicted molar refractivity (Wildman–Crippen MR) is 137 cm³/mol. The summed E-state index contributed by atoms with van der Waals surface area (Å²) in [6.45, 7) is 6.55. The minimum absolute atomic E-state index is 0.132. The van der Waals surface area contributed by atoms with Crippen molar-refractivity contribution in [2.24, 2.45) is 0 Å². The Labute approximate surface area is 205 Å². The molecule has 1 unspecified atom stereocenters. The van der Waals surface area contributed by atoms with Crippen molar-refractivity contribution in [1.82, 2.24) is 14.8 Å². The molecule has 1 aromatic heterocycles. The maximum absolute atomic E-state index is 13.6. The van der Waals surface area contributed by atoms with Crippen molar-refractivity contribution in [3.8, 4) is 5.75 Å². The molecular formula is C27H32N4O2S. The van der Waals surface area contributed by atoms with Gasteiger partial charge in [0.25, 0.3) is 0 Å². The van der Waals surface area contributed by atoms with Gasteiger partial charge in [-0.1, -0.05) is 73.5 Å². The Bertz CT molecular complexity index is 1120. The van der Waals surface area contributed by atoms with Crippen LogP contribution in [0.4, 0.5) is 5.69 Å². The molecule has 0 bridgehead atoms. The summed E-state index contributed by atoms with van der Waals surface area (Å²) >= 11 is 1.43. The number of carbonyl (C=O) groups excluding carboxylic acids is 1. The van der Waals surface area contributed by atoms with Gasteiger partial charge in [0, 0.05) is 12.5 Å². The minimum atomic E-state index is -0.501. The van der Waals surface area contributed by atoms with Crippen LogP contribution in [0.5, 0.6) is 5.75 Å². The second kappa shape index (κ2) is 11.4. The first kappa shape index (κ1) is 24.1. The Balaban J connectivity index is 1.65. The van der Waals surface area contributed by atoms with Gasteiger partial charge in [0.15, 0.2) is 5.16 Å². The lowest BCUT2D eigenvalue weighted by Crippen LogP contribution is -2.20. The lowest BCUT2D eigenvalue weighted by molar-refractivity contribution is -0.115. The van der Waals surface area contributed by atoms with E-state index in [9.17, 15) is 4.79 Å². The van der Waals surface area contributed by atoms with Gasteiger partial charge >= 0.3 is 0 Å². The van der Waals surface area contributed by atoms with Crippen molar-refractivity contribution >= 4 is 23.4 Å². The Morgan fingerprint density at radius 1 is 1.21 bits per heavy atom. The molecule has 1 aliphatic carbocycles. The molecule has 1 aliphatic rings. The Morgan fingerprint density at radius 2 is 1.97 bits per heavy atom. The standard InChI is InChI=1S/C27H32N4O2S/c1-4-17-31-25(21-13-9-6-10-14-21)29-30-27(31)34-24(20-11-7-5-8-12-20)26(32)28-22-18-19(2)15-16-23(22)33-3/h4-5,7-8,11-12,15-16,18,21,24H,1,6,9-10,13-14,17H2,2-3H3,(H,28,32). The van der Waals surface area contributed by atoms with Gasteiger partial charge in [0.1, 0.15) is 16.8 Å². The number of amides is 1. The SMILES string of the molecule is C=CCn1c(SC(C(=O)Nc2cc(C)ccc2OC)c2ccccc2)nnc1C1CCCCC1. The Hall–Kier alpha value is -3.06. The monoisotopic (exact) mass is 476 g/mol. The summed E-state index contributed by atoms with van der Waals surface area (Å²) in [5.41, 5.74) is 2.61. The van der Waals surface area contributed by atoms with Crippen LogP contribution >= 0.6 is 11.8 Å². The second-order valence-corrected chi connectivity index (χ2v) is 9.75. The number of aryl methyl sites for hydroxylation is 1. The Morgan fingerprint density at radius 3 is 2.68 bits per heavy atom. The van der Waals surface area contributed by atoms with Crippen molar-refractivity contribution in [3.05, 3.63) is 78.1 Å². The number of carbonyl (C=O) groups is 1. The fourth-order valence-electron chi connectivity index (χ4n) is 4.47. The summed E-state index contributed by atoms with van der Waals surface area (Å²) in [4.78, 5) is 13.6. The zero-order chi connectivity index (χ0) is 23.9. The summed E-state index contributed by atoms with van der Waals surface area (Å²) < 4.78 is 7.60. The third-order valence-corrected chi connectivity index (χ3v) is 7.44. The van der Waals surface area contributed by atoms with Gasteiger partial charge in [0.2, 0.25) is 5.91 Å². The fraction of sp³-hybridized carbons (Fsp3) is 0.370. The first-order valence-electron chi connectivity index (χ1n) is 11.8. The molecule has 0 saturated heterocycles. The molecule has 1 atom stereocenters. The lowest BCUT2D eigenvalue weighted by Gasteiger charge is -2.22. The van der Waals surface area contributed by atoms with E-state index in [0.29, 0.717) is 23.9 Å². The third-order valence-electron chi connectivity index (χ3n) is 6.20. The van der Waals surface area contributed by atoms with Crippen LogP contribution in [0.2, 0.25) is 0 Å². The average Bonchev–Trinajstić information content (AvgIpc) is 3.26. The highest BCUT2D eigenvalue weighted by atomic mass is 32.2. The van der Waals surface area contributed by atoms with Crippen LogP contribution in [0, 0.1) is 6.92 Å². The van der Waals surface area contributed by atoms with Crippen molar-refractivity contribution in [2.45, 2.75) is 61.9 Å². The summed E-state index contributed by atoms with van der Waals surface area (Å²) in [7, 11) is 1.61. The first-order chi connectivity index (χ1) is 16.6. The largest absolute Gasteiger partial charge is 0.495 e. The zero-order valence-electron chi connectivity index (χ0n) is 19.9. The molecule has 0 spiro atoms. The number of hydrogen-bond acceptors (Lipinski definition) is 5. The molecule has 178 valence electrons. The molecule has 1 heterocycles. The molecule has 6 nitrogen and oxygen atoms in total. The van der Waals surface area contributed by atoms with E-state index in [-0.39, 0.29) is 5.91 Å². The molecule has 0 radical (unpaired) electrons. The molecule has 1 amide bonds. The highest BCUT2D eigenvalue weighted by Crippen LogP contribution is 2.39. The number of methoxy groups -OCH3 is 1. The molecule has 34 heavy (non-hydrogen) atoms. The van der Waals surface area contributed by atoms with Crippen molar-refractivity contribution in [3.63, 3.8) is 0 Å². The number of rotatable bonds is 9. The molecule has 0 aliphatic heterocycles. The van der Waals surface area contributed by atoms with Crippen LogP contribution in [-0.4, -0.2) is 27.8 Å². The van der Waals surface area contributed by atoms with Gasteiger partial charge in [-0.2, -0.15) is 0 Å². The summed E-state index contributed by atoms with van der Waals surface area (Å²) in [5.74, 6) is 1.92. The van der Waals surface area contributed by atoms with Crippen LogP contribution in [0.1, 0.15) is 60.2 Å². The number of nitrogens with zero attached hydrogens (tertiary/aromatic N) is 3. The number of thioether (sulfide) groups is 1. The first-order valence-corrected chi connectivity index (χ1v) is 12.7. The number of hydrogen-bond donors (Lipinski definition) is 1. The van der Waals surface area contributed by atoms with E-state index in [2.05, 4.69) is 26.7 Å². The van der Waals surface area contributed by atoms with Crippen molar-refractivity contribution in [1.29, 1.82) is 0 Å². The number of aromatic nitrogens is 3. The molecule has 3 aromatic rings. The number of allylic oxidation sites excluding steroid dienone is 1. The maximum atomic E-state index is 13.6. The second-order valence-electron chi connectivity index (χ2n) is 8.68. The van der Waals surface area contributed by atoms with Crippen LogP contribution < -0.4 is 10.1 Å². The van der Waals surface area contributed by atoms with E-state index in [4.69, 9.17) is 4.74 Å². The molecule has 1 fully saturated rings. The van der Waals surface area contributed by atoms with E-state index in [1.807, 2.05) is 61.5 Å². The summed E-state index contributed by atoms with van der Waals surface area (Å²) in [6.07, 6.45) is 7.87. The summed E-state index contributed by atoms with van der Waals surface area (Å²) in [5, 5.41) is 12.4. The molecule has 7 heteroatoms. The molecular weight excluding hydrogens is 444 g/mol. The van der Waals surface area contributed by atoms with Crippen molar-refractivity contribution < 1.29 is 9.53 Å². The van der Waals surface area contributed by atoms with Gasteiger partial charge in [-0.3, -0.25) is 4.79 Å². The van der Waals surface area contributed by atoms with Gasteiger partial charge < -0.3 is 14.6 Å². The normalized spacial score (nSPS) is 15.0. The quantitative estimate of drug-likeness (QED) is 0.290. The molecule has 1 N–H and O–H groups in total.